The van der Waals surface area contributed by atoms with E-state index in [-0.39, 0.29) is 28.6 Å². The highest BCUT2D eigenvalue weighted by Gasteiger charge is 2.36. The van der Waals surface area contributed by atoms with Gasteiger partial charge in [-0.05, 0) is 49.6 Å². The van der Waals surface area contributed by atoms with Crippen molar-refractivity contribution in [3.05, 3.63) is 51.4 Å². The van der Waals surface area contributed by atoms with E-state index in [0.717, 1.165) is 0 Å². The lowest BCUT2D eigenvalue weighted by molar-refractivity contribution is 0.0525. The van der Waals surface area contributed by atoms with Crippen molar-refractivity contribution in [1.29, 1.82) is 0 Å². The fourth-order valence-electron chi connectivity index (χ4n) is 3.08. The predicted molar refractivity (Wildman–Crippen MR) is 95.7 cm³/mol. The number of sulfonamides is 1. The van der Waals surface area contributed by atoms with Crippen LogP contribution < -0.4 is 4.72 Å². The number of rotatable bonds is 5. The topological polar surface area (TPSA) is 108 Å². The van der Waals surface area contributed by atoms with Gasteiger partial charge in [-0.15, -0.1) is 0 Å². The van der Waals surface area contributed by atoms with Crippen LogP contribution in [0.25, 0.3) is 0 Å². The number of ether oxygens (including phenoxy) is 1. The maximum absolute atomic E-state index is 13.6. The number of H-pyrrole nitrogens is 1. The Balaban J connectivity index is 1.84. The second-order valence-electron chi connectivity index (χ2n) is 6.23. The minimum Gasteiger partial charge on any atom is -0.462 e. The van der Waals surface area contributed by atoms with Gasteiger partial charge in [0.15, 0.2) is 0 Å². The number of carbonyl (C=O) groups is 1. The third kappa shape index (κ3) is 3.73. The Morgan fingerprint density at radius 1 is 1.44 bits per heavy atom. The van der Waals surface area contributed by atoms with Gasteiger partial charge in [0, 0.05) is 5.69 Å². The molecule has 146 valence electrons. The lowest BCUT2D eigenvalue weighted by Crippen LogP contribution is -2.37. The lowest BCUT2D eigenvalue weighted by atomic mass is 10.1. The molecule has 1 aromatic carbocycles. The summed E-state index contributed by atoms with van der Waals surface area (Å²) in [5.41, 5.74) is 1.32. The first-order valence-electron chi connectivity index (χ1n) is 8.19. The van der Waals surface area contributed by atoms with Gasteiger partial charge in [0.1, 0.15) is 10.8 Å². The van der Waals surface area contributed by atoms with Gasteiger partial charge in [-0.3, -0.25) is 0 Å². The quantitative estimate of drug-likeness (QED) is 0.648. The molecule has 0 unspecified atom stereocenters. The summed E-state index contributed by atoms with van der Waals surface area (Å²) < 4.78 is 46.2. The molecule has 1 aliphatic rings. The Morgan fingerprint density at radius 3 is 2.81 bits per heavy atom. The highest BCUT2D eigenvalue weighted by atomic mass is 35.5. The molecule has 2 aromatic rings. The molecule has 0 saturated carbocycles. The molecule has 10 heteroatoms. The summed E-state index contributed by atoms with van der Waals surface area (Å²) in [6.07, 6.45) is -1.07. The van der Waals surface area contributed by atoms with Crippen molar-refractivity contribution in [2.75, 3.05) is 6.61 Å². The van der Waals surface area contributed by atoms with Crippen LogP contribution in [-0.4, -0.2) is 37.1 Å². The van der Waals surface area contributed by atoms with Gasteiger partial charge in [-0.2, -0.15) is 0 Å². The standard InChI is InChI=1S/C17H18ClFN2O5S/c1-3-26-17(23)10-7-15(20-8(10)2)27(24,25)21-14-5-9-4-13(19)12(18)6-11(9)16(14)22/h4,6-7,14,16,20-22H,3,5H2,1-2H3/t14-,16-/m1/s1. The summed E-state index contributed by atoms with van der Waals surface area (Å²) >= 11 is 5.74. The van der Waals surface area contributed by atoms with Crippen LogP contribution in [0.3, 0.4) is 0 Å². The van der Waals surface area contributed by atoms with Crippen LogP contribution in [0.1, 0.15) is 40.2 Å². The number of aromatic amines is 1. The van der Waals surface area contributed by atoms with E-state index < -0.39 is 34.0 Å². The van der Waals surface area contributed by atoms with Crippen LogP contribution in [0.5, 0.6) is 0 Å². The van der Waals surface area contributed by atoms with E-state index in [0.29, 0.717) is 16.8 Å². The average Bonchev–Trinajstić information content (AvgIpc) is 3.11. The second kappa shape index (κ2) is 7.23. The predicted octanol–water partition coefficient (Wildman–Crippen LogP) is 2.23. The average molecular weight is 417 g/mol. The molecule has 0 fully saturated rings. The van der Waals surface area contributed by atoms with Crippen LogP contribution >= 0.6 is 11.6 Å². The normalized spacial score (nSPS) is 19.1. The zero-order valence-electron chi connectivity index (χ0n) is 14.5. The summed E-state index contributed by atoms with van der Waals surface area (Å²) in [6, 6.07) is 2.77. The number of halogens is 2. The number of aliphatic hydroxyl groups is 1. The largest absolute Gasteiger partial charge is 0.462 e. The maximum Gasteiger partial charge on any atom is 0.339 e. The molecule has 2 atom stereocenters. The third-order valence-electron chi connectivity index (χ3n) is 4.40. The minimum absolute atomic E-state index is 0.105. The van der Waals surface area contributed by atoms with Gasteiger partial charge in [0.05, 0.1) is 29.3 Å². The molecule has 0 spiro atoms. The molecule has 3 rings (SSSR count). The summed E-state index contributed by atoms with van der Waals surface area (Å²) in [5, 5.41) is 10.0. The molecule has 0 amide bonds. The third-order valence-corrected chi connectivity index (χ3v) is 6.10. The van der Waals surface area contributed by atoms with Crippen molar-refractivity contribution in [2.24, 2.45) is 0 Å². The number of fused-ring (bicyclic) bond motifs is 1. The number of esters is 1. The number of nitrogens with one attached hydrogen (secondary N) is 2. The molecular formula is C17H18ClFN2O5S. The SMILES string of the molecule is CCOC(=O)c1cc(S(=O)(=O)N[C@@H]2Cc3cc(F)c(Cl)cc3[C@H]2O)[nH]c1C. The van der Waals surface area contributed by atoms with Crippen molar-refractivity contribution in [2.45, 2.75) is 37.4 Å². The van der Waals surface area contributed by atoms with Gasteiger partial charge in [-0.1, -0.05) is 11.6 Å². The molecule has 1 aromatic heterocycles. The van der Waals surface area contributed by atoms with E-state index in [1.165, 1.54) is 18.2 Å². The molecule has 27 heavy (non-hydrogen) atoms. The molecule has 7 nitrogen and oxygen atoms in total. The maximum atomic E-state index is 13.6. The highest BCUT2D eigenvalue weighted by molar-refractivity contribution is 7.89. The van der Waals surface area contributed by atoms with E-state index in [1.54, 1.807) is 13.8 Å². The fourth-order valence-corrected chi connectivity index (χ4v) is 4.55. The number of aliphatic hydroxyl groups excluding tert-OH is 1. The minimum atomic E-state index is -4.06. The molecular weight excluding hydrogens is 399 g/mol. The highest BCUT2D eigenvalue weighted by Crippen LogP contribution is 2.35. The Morgan fingerprint density at radius 2 is 2.15 bits per heavy atom. The van der Waals surface area contributed by atoms with Crippen molar-refractivity contribution in [3.63, 3.8) is 0 Å². The lowest BCUT2D eigenvalue weighted by Gasteiger charge is -2.16. The van der Waals surface area contributed by atoms with Crippen molar-refractivity contribution >= 4 is 27.6 Å². The van der Waals surface area contributed by atoms with E-state index in [2.05, 4.69) is 9.71 Å². The zero-order valence-corrected chi connectivity index (χ0v) is 16.1. The fraction of sp³-hybridized carbons (Fsp3) is 0.353. The molecule has 1 heterocycles. The van der Waals surface area contributed by atoms with Crippen LogP contribution in [0, 0.1) is 12.7 Å². The molecule has 0 saturated heterocycles. The van der Waals surface area contributed by atoms with Crippen molar-refractivity contribution in [1.82, 2.24) is 9.71 Å². The van der Waals surface area contributed by atoms with Crippen molar-refractivity contribution in [3.8, 4) is 0 Å². The first-order valence-corrected chi connectivity index (χ1v) is 10.0. The Bertz CT molecular complexity index is 1000. The van der Waals surface area contributed by atoms with Crippen LogP contribution in [0.4, 0.5) is 4.39 Å². The number of hydrogen-bond donors (Lipinski definition) is 3. The van der Waals surface area contributed by atoms with Gasteiger partial charge in [0.2, 0.25) is 0 Å². The van der Waals surface area contributed by atoms with Crippen LogP contribution in [0.15, 0.2) is 23.2 Å². The number of carbonyl (C=O) groups excluding carboxylic acids is 1. The zero-order chi connectivity index (χ0) is 19.9. The first-order chi connectivity index (χ1) is 12.6. The first kappa shape index (κ1) is 19.8. The number of hydrogen-bond acceptors (Lipinski definition) is 5. The Labute approximate surface area is 160 Å². The monoisotopic (exact) mass is 416 g/mol. The second-order valence-corrected chi connectivity index (χ2v) is 8.32. The van der Waals surface area contributed by atoms with E-state index in [1.807, 2.05) is 0 Å². The molecule has 3 N–H and O–H groups in total. The summed E-state index contributed by atoms with van der Waals surface area (Å²) in [7, 11) is -4.06. The van der Waals surface area contributed by atoms with Crippen LogP contribution in [0.2, 0.25) is 5.02 Å². The Kier molecular flexibility index (Phi) is 5.31. The van der Waals surface area contributed by atoms with Gasteiger partial charge in [0.25, 0.3) is 10.0 Å². The van der Waals surface area contributed by atoms with E-state index >= 15 is 0 Å². The molecule has 0 aliphatic heterocycles. The number of aromatic nitrogens is 1. The smallest absolute Gasteiger partial charge is 0.339 e. The van der Waals surface area contributed by atoms with Gasteiger partial charge >= 0.3 is 5.97 Å². The number of benzene rings is 1. The van der Waals surface area contributed by atoms with Gasteiger partial charge in [-0.25, -0.2) is 22.3 Å². The van der Waals surface area contributed by atoms with E-state index in [9.17, 15) is 22.7 Å². The molecule has 0 bridgehead atoms. The van der Waals surface area contributed by atoms with Crippen molar-refractivity contribution < 1.29 is 27.4 Å². The molecule has 0 radical (unpaired) electrons. The summed E-state index contributed by atoms with van der Waals surface area (Å²) in [5.74, 6) is -1.27. The van der Waals surface area contributed by atoms with E-state index in [4.69, 9.17) is 16.3 Å². The summed E-state index contributed by atoms with van der Waals surface area (Å²) in [4.78, 5) is 14.5. The Hall–Kier alpha value is -1.94. The van der Waals surface area contributed by atoms with Gasteiger partial charge < -0.3 is 14.8 Å². The number of aryl methyl sites for hydroxylation is 1. The van der Waals surface area contributed by atoms with Crippen LogP contribution in [-0.2, 0) is 21.2 Å². The molecule has 1 aliphatic carbocycles. The summed E-state index contributed by atoms with van der Waals surface area (Å²) in [6.45, 7) is 3.36.